The van der Waals surface area contributed by atoms with Crippen LogP contribution in [0.5, 0.6) is 0 Å². The molecule has 0 aliphatic heterocycles. The molecule has 1 heterocycles. The average Bonchev–Trinajstić information content (AvgIpc) is 2.78. The fourth-order valence-electron chi connectivity index (χ4n) is 3.44. The van der Waals surface area contributed by atoms with Crippen molar-refractivity contribution >= 4 is 44.6 Å². The molecular formula is C24H22N4O4S. The van der Waals surface area contributed by atoms with Crippen LogP contribution in [-0.2, 0) is 23.5 Å². The first kappa shape index (κ1) is 22.2. The minimum absolute atomic E-state index is 0.112. The number of carbonyl (C=O) groups excluding carboxylic acids is 1. The lowest BCUT2D eigenvalue weighted by Gasteiger charge is -2.13. The van der Waals surface area contributed by atoms with E-state index in [1.54, 1.807) is 55.6 Å². The van der Waals surface area contributed by atoms with Crippen molar-refractivity contribution in [2.24, 2.45) is 7.05 Å². The highest BCUT2D eigenvalue weighted by molar-refractivity contribution is 7.71. The molecule has 0 saturated heterocycles. The Morgan fingerprint density at radius 3 is 2.61 bits per heavy atom. The van der Waals surface area contributed by atoms with E-state index in [4.69, 9.17) is 0 Å². The largest absolute Gasteiger partial charge is 0.355 e. The van der Waals surface area contributed by atoms with Gasteiger partial charge in [-0.15, -0.1) is 0 Å². The summed E-state index contributed by atoms with van der Waals surface area (Å²) < 4.78 is 23.4. The number of nitrogens with zero attached hydrogens (tertiary/aromatic N) is 2. The van der Waals surface area contributed by atoms with Gasteiger partial charge in [-0.3, -0.25) is 9.59 Å². The third-order valence-corrected chi connectivity index (χ3v) is 5.82. The van der Waals surface area contributed by atoms with Crippen molar-refractivity contribution in [3.63, 3.8) is 0 Å². The zero-order chi connectivity index (χ0) is 23.5. The highest BCUT2D eigenvalue weighted by atomic mass is 32.2. The molecule has 0 unspecified atom stereocenters. The highest BCUT2D eigenvalue weighted by Crippen LogP contribution is 2.26. The molecule has 0 bridgehead atoms. The molecule has 4 aromatic rings. The molecule has 33 heavy (non-hydrogen) atoms. The Bertz CT molecular complexity index is 1500. The van der Waals surface area contributed by atoms with Gasteiger partial charge < -0.3 is 15.2 Å². The van der Waals surface area contributed by atoms with Gasteiger partial charge in [0.25, 0.3) is 11.5 Å². The average molecular weight is 463 g/mol. The fraction of sp³-hybridized carbons (Fsp3) is 0.125. The first-order chi connectivity index (χ1) is 15.8. The predicted octanol–water partition coefficient (Wildman–Crippen LogP) is 3.35. The zero-order valence-corrected chi connectivity index (χ0v) is 18.9. The maximum absolute atomic E-state index is 12.7. The smallest absolute Gasteiger partial charge is 0.260 e. The maximum atomic E-state index is 12.7. The Labute approximate surface area is 191 Å². The molecule has 8 nitrogen and oxygen atoms in total. The molecule has 168 valence electrons. The van der Waals surface area contributed by atoms with Crippen LogP contribution < -0.4 is 16.2 Å². The van der Waals surface area contributed by atoms with Gasteiger partial charge in [-0.2, -0.15) is 0 Å². The van der Waals surface area contributed by atoms with Gasteiger partial charge >= 0.3 is 0 Å². The monoisotopic (exact) mass is 462 g/mol. The molecule has 0 fully saturated rings. The summed E-state index contributed by atoms with van der Waals surface area (Å²) in [6.45, 7) is 1.93. The lowest BCUT2D eigenvalue weighted by molar-refractivity contribution is 0.102. The standard InChI is InChI=1S/C24H22N4O4S/c1-15-6-7-19(27-23(29)17-5-3-4-16(10-17)13-33(31)32)12-22(15)26-18-8-9-21-20(11-18)24(30)28(2)14-25-21/h3-12,14,26,33H,13H2,1-2H3,(H,27,29). The minimum Gasteiger partial charge on any atom is -0.355 e. The normalized spacial score (nSPS) is 11.0. The summed E-state index contributed by atoms with van der Waals surface area (Å²) in [6.07, 6.45) is 1.49. The highest BCUT2D eigenvalue weighted by Gasteiger charge is 2.10. The van der Waals surface area contributed by atoms with Gasteiger partial charge in [0, 0.05) is 29.7 Å². The van der Waals surface area contributed by atoms with E-state index in [1.165, 1.54) is 10.9 Å². The molecule has 0 aliphatic carbocycles. The van der Waals surface area contributed by atoms with E-state index in [0.717, 1.165) is 16.9 Å². The van der Waals surface area contributed by atoms with Crippen LogP contribution in [0.4, 0.5) is 17.1 Å². The van der Waals surface area contributed by atoms with Crippen LogP contribution in [0.3, 0.4) is 0 Å². The topological polar surface area (TPSA) is 110 Å². The number of hydrogen-bond acceptors (Lipinski definition) is 6. The van der Waals surface area contributed by atoms with Crippen molar-refractivity contribution in [1.29, 1.82) is 0 Å². The van der Waals surface area contributed by atoms with Gasteiger partial charge in [0.2, 0.25) is 0 Å². The molecule has 0 saturated carbocycles. The Kier molecular flexibility index (Phi) is 6.23. The number of aromatic nitrogens is 2. The first-order valence-electron chi connectivity index (χ1n) is 10.2. The molecule has 2 N–H and O–H groups in total. The second-order valence-corrected chi connectivity index (χ2v) is 8.67. The molecule has 0 spiro atoms. The van der Waals surface area contributed by atoms with E-state index in [1.807, 2.05) is 19.1 Å². The molecule has 0 aliphatic rings. The van der Waals surface area contributed by atoms with E-state index in [0.29, 0.717) is 27.7 Å². The SMILES string of the molecule is Cc1ccc(NC(=O)c2cccc(C[SH](=O)=O)c2)cc1Nc1ccc2ncn(C)c(=O)c2c1. The van der Waals surface area contributed by atoms with Crippen molar-refractivity contribution < 1.29 is 13.2 Å². The van der Waals surface area contributed by atoms with Gasteiger partial charge in [-0.05, 0) is 60.5 Å². The summed E-state index contributed by atoms with van der Waals surface area (Å²) in [6, 6.07) is 17.4. The van der Waals surface area contributed by atoms with Crippen LogP contribution in [0.25, 0.3) is 10.9 Å². The lowest BCUT2D eigenvalue weighted by atomic mass is 10.1. The van der Waals surface area contributed by atoms with Gasteiger partial charge in [-0.1, -0.05) is 18.2 Å². The summed E-state index contributed by atoms with van der Waals surface area (Å²) in [5.41, 5.74) is 4.43. The second-order valence-electron chi connectivity index (χ2n) is 7.69. The predicted molar refractivity (Wildman–Crippen MR) is 130 cm³/mol. The fourth-order valence-corrected chi connectivity index (χ4v) is 3.94. The van der Waals surface area contributed by atoms with Crippen LogP contribution >= 0.6 is 0 Å². The quantitative estimate of drug-likeness (QED) is 0.379. The van der Waals surface area contributed by atoms with E-state index in [2.05, 4.69) is 15.6 Å². The van der Waals surface area contributed by atoms with Crippen LogP contribution in [0.2, 0.25) is 0 Å². The number of anilines is 3. The third-order valence-electron chi connectivity index (χ3n) is 5.19. The number of benzene rings is 3. The van der Waals surface area contributed by atoms with Crippen molar-refractivity contribution in [2.45, 2.75) is 12.7 Å². The van der Waals surface area contributed by atoms with Crippen LogP contribution in [0.1, 0.15) is 21.5 Å². The maximum Gasteiger partial charge on any atom is 0.260 e. The number of aryl methyl sites for hydroxylation is 2. The van der Waals surface area contributed by atoms with Crippen molar-refractivity contribution in [2.75, 3.05) is 10.6 Å². The van der Waals surface area contributed by atoms with Crippen LogP contribution in [0.15, 0.2) is 71.8 Å². The number of nitrogens with one attached hydrogen (secondary N) is 2. The lowest BCUT2D eigenvalue weighted by Crippen LogP contribution is -2.16. The van der Waals surface area contributed by atoms with Crippen molar-refractivity contribution in [1.82, 2.24) is 9.55 Å². The molecule has 1 amide bonds. The van der Waals surface area contributed by atoms with E-state index in [-0.39, 0.29) is 17.2 Å². The van der Waals surface area contributed by atoms with Crippen molar-refractivity contribution in [3.8, 4) is 0 Å². The van der Waals surface area contributed by atoms with E-state index < -0.39 is 10.7 Å². The summed E-state index contributed by atoms with van der Waals surface area (Å²) in [5.74, 6) is -0.451. The van der Waals surface area contributed by atoms with Gasteiger partial charge in [0.15, 0.2) is 0 Å². The molecule has 9 heteroatoms. The number of fused-ring (bicyclic) bond motifs is 1. The number of amides is 1. The number of carbonyl (C=O) groups is 1. The summed E-state index contributed by atoms with van der Waals surface area (Å²) in [5, 5.41) is 6.65. The van der Waals surface area contributed by atoms with E-state index in [9.17, 15) is 18.0 Å². The molecule has 4 rings (SSSR count). The molecule has 1 aromatic heterocycles. The number of thiol groups is 1. The summed E-state index contributed by atoms with van der Waals surface area (Å²) in [4.78, 5) is 29.4. The molecular weight excluding hydrogens is 440 g/mol. The Morgan fingerprint density at radius 2 is 1.82 bits per heavy atom. The zero-order valence-electron chi connectivity index (χ0n) is 18.0. The summed E-state index contributed by atoms with van der Waals surface area (Å²) >= 11 is 0. The minimum atomic E-state index is -2.57. The summed E-state index contributed by atoms with van der Waals surface area (Å²) in [7, 11) is -0.915. The Balaban J connectivity index is 1.57. The van der Waals surface area contributed by atoms with Gasteiger partial charge in [0.1, 0.15) is 10.7 Å². The third kappa shape index (κ3) is 5.09. The second kappa shape index (κ2) is 9.25. The van der Waals surface area contributed by atoms with E-state index >= 15 is 0 Å². The van der Waals surface area contributed by atoms with Crippen LogP contribution in [0, 0.1) is 6.92 Å². The Morgan fingerprint density at radius 1 is 1.03 bits per heavy atom. The molecule has 0 atom stereocenters. The molecule has 3 aromatic carbocycles. The molecule has 0 radical (unpaired) electrons. The number of rotatable bonds is 6. The van der Waals surface area contributed by atoms with Gasteiger partial charge in [0.05, 0.1) is 23.0 Å². The number of hydrogen-bond donors (Lipinski definition) is 3. The van der Waals surface area contributed by atoms with Crippen LogP contribution in [-0.4, -0.2) is 23.9 Å². The Hall–Kier alpha value is -3.98. The van der Waals surface area contributed by atoms with Gasteiger partial charge in [-0.25, -0.2) is 13.4 Å². The first-order valence-corrected chi connectivity index (χ1v) is 11.5. The van der Waals surface area contributed by atoms with Crippen molar-refractivity contribution in [3.05, 3.63) is 94.0 Å².